The van der Waals surface area contributed by atoms with Crippen molar-refractivity contribution in [3.05, 3.63) is 93.4 Å². The number of nitrogens with zero attached hydrogens (tertiary/aromatic N) is 1. The van der Waals surface area contributed by atoms with Gasteiger partial charge < -0.3 is 5.11 Å². The number of hydrogen-bond donors (Lipinski definition) is 1. The fraction of sp³-hybridized carbons (Fsp3) is 0.290. The van der Waals surface area contributed by atoms with E-state index in [0.29, 0.717) is 22.6 Å². The number of benzene rings is 2. The molecule has 0 unspecified atom stereocenters. The second kappa shape index (κ2) is 9.73. The summed E-state index contributed by atoms with van der Waals surface area (Å²) in [6, 6.07) is 4.05. The van der Waals surface area contributed by atoms with Crippen LogP contribution < -0.4 is 4.90 Å². The Hall–Kier alpha value is -4.55. The van der Waals surface area contributed by atoms with Crippen molar-refractivity contribution in [2.45, 2.75) is 38.0 Å². The van der Waals surface area contributed by atoms with Crippen LogP contribution in [0, 0.1) is 23.6 Å². The molecular weight excluding hydrogens is 599 g/mol. The Balaban J connectivity index is 1.49. The quantitative estimate of drug-likeness (QED) is 0.187. The predicted molar refractivity (Wildman–Crippen MR) is 138 cm³/mol. The SMILES string of the molecule is CC1=CC(=O)C2=C(C[C@@H]3C(=CC[C@@H]4C(=O)N(c5cc(C(F)(F)F)cc(C(F)(F)F)c5)C(=O)[C@@H]43)[C@@H]2c2cccc(F)c2O)C1=O. The van der Waals surface area contributed by atoms with Gasteiger partial charge in [0.05, 0.1) is 28.7 Å². The van der Waals surface area contributed by atoms with Crippen LogP contribution in [0.2, 0.25) is 0 Å². The van der Waals surface area contributed by atoms with Gasteiger partial charge in [-0.05, 0) is 56.0 Å². The minimum atomic E-state index is -5.23. The van der Waals surface area contributed by atoms with Crippen molar-refractivity contribution in [3.63, 3.8) is 0 Å². The molecule has 4 atom stereocenters. The molecule has 6 nitrogen and oxygen atoms in total. The van der Waals surface area contributed by atoms with Gasteiger partial charge in [0.2, 0.25) is 11.8 Å². The van der Waals surface area contributed by atoms with E-state index in [-0.39, 0.29) is 41.2 Å². The molecule has 1 aliphatic heterocycles. The molecule has 1 fully saturated rings. The number of rotatable bonds is 2. The zero-order valence-corrected chi connectivity index (χ0v) is 22.5. The van der Waals surface area contributed by atoms with Crippen LogP contribution in [-0.4, -0.2) is 28.5 Å². The predicted octanol–water partition coefficient (Wildman–Crippen LogP) is 6.20. The van der Waals surface area contributed by atoms with Gasteiger partial charge >= 0.3 is 12.4 Å². The summed E-state index contributed by atoms with van der Waals surface area (Å²) in [4.78, 5) is 54.3. The zero-order valence-electron chi connectivity index (χ0n) is 22.5. The van der Waals surface area contributed by atoms with Crippen LogP contribution in [0.3, 0.4) is 0 Å². The number of fused-ring (bicyclic) bond motifs is 3. The largest absolute Gasteiger partial charge is 0.505 e. The topological polar surface area (TPSA) is 91.8 Å². The van der Waals surface area contributed by atoms with Gasteiger partial charge in [-0.1, -0.05) is 23.8 Å². The first-order valence-electron chi connectivity index (χ1n) is 13.4. The van der Waals surface area contributed by atoms with E-state index in [9.17, 15) is 55.0 Å². The lowest BCUT2D eigenvalue weighted by molar-refractivity contribution is -0.143. The minimum Gasteiger partial charge on any atom is -0.505 e. The lowest BCUT2D eigenvalue weighted by Crippen LogP contribution is -2.39. The number of para-hydroxylation sites is 1. The number of hydrogen-bond acceptors (Lipinski definition) is 5. The van der Waals surface area contributed by atoms with Crippen molar-refractivity contribution in [2.24, 2.45) is 17.8 Å². The van der Waals surface area contributed by atoms with E-state index < -0.39 is 87.8 Å². The van der Waals surface area contributed by atoms with Crippen molar-refractivity contribution in [1.82, 2.24) is 0 Å². The fourth-order valence-electron chi connectivity index (χ4n) is 6.82. The van der Waals surface area contributed by atoms with Crippen molar-refractivity contribution >= 4 is 29.1 Å². The van der Waals surface area contributed by atoms with Gasteiger partial charge in [0, 0.05) is 28.2 Å². The summed E-state index contributed by atoms with van der Waals surface area (Å²) in [5.41, 5.74) is -4.08. The normalized spacial score (nSPS) is 25.5. The highest BCUT2D eigenvalue weighted by atomic mass is 19.4. The molecule has 4 aliphatic rings. The van der Waals surface area contributed by atoms with Crippen LogP contribution in [0.25, 0.3) is 0 Å². The number of halogens is 7. The standard InChI is InChI=1S/C31H20F7NO5/c1-12-7-22(40)25-20(26(12)41)11-19-16(23(25)17-3-2-4-21(32)27(17)42)5-6-18-24(19)29(44)39(28(18)43)15-9-13(30(33,34)35)8-14(10-15)31(36,37)38/h2-5,7-10,18-19,23-24,42H,6,11H2,1H3/t18-,19+,23+,24-/m0/s1. The molecule has 1 saturated heterocycles. The van der Waals surface area contributed by atoms with E-state index in [1.165, 1.54) is 25.1 Å². The van der Waals surface area contributed by atoms with Crippen molar-refractivity contribution < 1.29 is 55.0 Å². The molecule has 44 heavy (non-hydrogen) atoms. The molecule has 6 rings (SSSR count). The van der Waals surface area contributed by atoms with Crippen LogP contribution in [0.4, 0.5) is 36.4 Å². The maximum atomic E-state index is 14.5. The molecule has 0 aromatic heterocycles. The first-order valence-corrected chi connectivity index (χ1v) is 13.4. The highest BCUT2D eigenvalue weighted by Gasteiger charge is 2.57. The summed E-state index contributed by atoms with van der Waals surface area (Å²) in [5.74, 6) is -9.80. The van der Waals surface area contributed by atoms with E-state index >= 15 is 0 Å². The van der Waals surface area contributed by atoms with Gasteiger partial charge in [-0.25, -0.2) is 9.29 Å². The number of allylic oxidation sites excluding steroid dienone is 6. The molecule has 1 N–H and O–H groups in total. The Morgan fingerprint density at radius 2 is 1.52 bits per heavy atom. The molecule has 2 aromatic carbocycles. The number of carbonyl (C=O) groups is 4. The third-order valence-electron chi connectivity index (χ3n) is 8.72. The third-order valence-corrected chi connectivity index (χ3v) is 8.72. The van der Waals surface area contributed by atoms with Crippen LogP contribution in [0.1, 0.15) is 42.4 Å². The smallest absolute Gasteiger partial charge is 0.416 e. The van der Waals surface area contributed by atoms with Gasteiger partial charge in [-0.3, -0.25) is 19.2 Å². The van der Waals surface area contributed by atoms with Crippen LogP contribution >= 0.6 is 0 Å². The number of ketones is 2. The van der Waals surface area contributed by atoms with E-state index in [4.69, 9.17) is 0 Å². The third kappa shape index (κ3) is 4.39. The summed E-state index contributed by atoms with van der Waals surface area (Å²) in [7, 11) is 0. The number of anilines is 1. The highest BCUT2D eigenvalue weighted by molar-refractivity contribution is 6.25. The van der Waals surface area contributed by atoms with Crippen LogP contribution in [0.15, 0.2) is 70.8 Å². The number of amides is 2. The Kier molecular flexibility index (Phi) is 6.53. The number of alkyl halides is 6. The minimum absolute atomic E-state index is 0.0245. The Bertz CT molecular complexity index is 1750. The van der Waals surface area contributed by atoms with Crippen LogP contribution in [-0.2, 0) is 31.5 Å². The fourth-order valence-corrected chi connectivity index (χ4v) is 6.82. The van der Waals surface area contributed by atoms with Crippen molar-refractivity contribution in [1.29, 1.82) is 0 Å². The lowest BCUT2D eigenvalue weighted by atomic mass is 9.59. The first kappa shape index (κ1) is 29.5. The summed E-state index contributed by atoms with van der Waals surface area (Å²) in [6.45, 7) is 1.39. The Labute approximate surface area is 244 Å². The van der Waals surface area contributed by atoms with Gasteiger partial charge in [0.1, 0.15) is 0 Å². The van der Waals surface area contributed by atoms with E-state index in [1.807, 2.05) is 0 Å². The number of imide groups is 1. The van der Waals surface area contributed by atoms with Gasteiger partial charge in [-0.2, -0.15) is 26.3 Å². The summed E-state index contributed by atoms with van der Waals surface area (Å²) in [6.07, 6.45) is -8.27. The van der Waals surface area contributed by atoms with Crippen molar-refractivity contribution in [2.75, 3.05) is 4.90 Å². The molecule has 2 aromatic rings. The number of phenolic OH excluding ortho intramolecular Hbond substituents is 1. The molecule has 3 aliphatic carbocycles. The van der Waals surface area contributed by atoms with Gasteiger partial charge in [0.25, 0.3) is 0 Å². The summed E-state index contributed by atoms with van der Waals surface area (Å²) in [5, 5.41) is 10.6. The van der Waals surface area contributed by atoms with Crippen LogP contribution in [0.5, 0.6) is 5.75 Å². The van der Waals surface area contributed by atoms with E-state index in [1.54, 1.807) is 0 Å². The number of Topliss-reactive ketones (excluding diaryl/α,β-unsaturated/α-hetero) is 1. The van der Waals surface area contributed by atoms with Gasteiger partial charge in [0.15, 0.2) is 23.1 Å². The van der Waals surface area contributed by atoms with E-state index in [2.05, 4.69) is 0 Å². The molecular formula is C31H20F7NO5. The molecule has 0 radical (unpaired) electrons. The molecule has 0 spiro atoms. The average molecular weight is 619 g/mol. The van der Waals surface area contributed by atoms with Crippen molar-refractivity contribution in [3.8, 4) is 5.75 Å². The lowest BCUT2D eigenvalue weighted by Gasteiger charge is -2.42. The Morgan fingerprint density at radius 1 is 0.886 bits per heavy atom. The summed E-state index contributed by atoms with van der Waals surface area (Å²) >= 11 is 0. The monoisotopic (exact) mass is 619 g/mol. The molecule has 1 heterocycles. The first-order chi connectivity index (χ1) is 20.5. The molecule has 0 saturated carbocycles. The molecule has 228 valence electrons. The Morgan fingerprint density at radius 3 is 2.14 bits per heavy atom. The zero-order chi connectivity index (χ0) is 32.0. The number of phenols is 1. The average Bonchev–Trinajstić information content (AvgIpc) is 3.20. The second-order valence-electron chi connectivity index (χ2n) is 11.2. The molecule has 0 bridgehead atoms. The molecule has 13 heteroatoms. The van der Waals surface area contributed by atoms with Gasteiger partial charge in [-0.15, -0.1) is 0 Å². The summed E-state index contributed by atoms with van der Waals surface area (Å²) < 4.78 is 96.0. The second-order valence-corrected chi connectivity index (χ2v) is 11.2. The number of carbonyl (C=O) groups excluding carboxylic acids is 4. The van der Waals surface area contributed by atoms with E-state index in [0.717, 1.165) is 12.1 Å². The number of aromatic hydroxyl groups is 1. The highest BCUT2D eigenvalue weighted by Crippen LogP contribution is 2.56. The maximum absolute atomic E-state index is 14.5. The molecule has 2 amide bonds. The maximum Gasteiger partial charge on any atom is 0.416 e.